The van der Waals surface area contributed by atoms with Gasteiger partial charge in [-0.15, -0.1) is 0 Å². The minimum absolute atomic E-state index is 0.172. The van der Waals surface area contributed by atoms with E-state index in [0.717, 1.165) is 13.1 Å². The molecule has 0 spiro atoms. The zero-order chi connectivity index (χ0) is 12.3. The van der Waals surface area contributed by atoms with Crippen LogP contribution in [0.1, 0.15) is 20.8 Å². The number of carbonyl (C=O) groups excluding carboxylic acids is 2. The van der Waals surface area contributed by atoms with Crippen molar-refractivity contribution in [2.24, 2.45) is 11.1 Å². The van der Waals surface area contributed by atoms with Crippen LogP contribution in [0.15, 0.2) is 0 Å². The lowest BCUT2D eigenvalue weighted by atomic mass is 9.94. The first-order valence-corrected chi connectivity index (χ1v) is 5.61. The van der Waals surface area contributed by atoms with E-state index in [-0.39, 0.29) is 23.8 Å². The van der Waals surface area contributed by atoms with Crippen molar-refractivity contribution in [2.75, 3.05) is 32.7 Å². The maximum atomic E-state index is 12.0. The molecule has 2 N–H and O–H groups in total. The molecule has 1 heterocycles. The van der Waals surface area contributed by atoms with Crippen LogP contribution in [0.3, 0.4) is 0 Å². The summed E-state index contributed by atoms with van der Waals surface area (Å²) in [7, 11) is 0. The average molecular weight is 227 g/mol. The van der Waals surface area contributed by atoms with Gasteiger partial charge in [0.2, 0.25) is 11.8 Å². The molecule has 0 unspecified atom stereocenters. The van der Waals surface area contributed by atoms with E-state index in [4.69, 9.17) is 5.73 Å². The highest BCUT2D eigenvalue weighted by Crippen LogP contribution is 2.18. The Balaban J connectivity index is 2.43. The fourth-order valence-corrected chi connectivity index (χ4v) is 1.80. The van der Waals surface area contributed by atoms with Crippen molar-refractivity contribution in [3.8, 4) is 0 Å². The van der Waals surface area contributed by atoms with Gasteiger partial charge >= 0.3 is 0 Å². The molecule has 1 aliphatic rings. The lowest BCUT2D eigenvalue weighted by molar-refractivity contribution is -0.141. The number of hydrogen-bond acceptors (Lipinski definition) is 3. The second-order valence-corrected chi connectivity index (χ2v) is 5.28. The van der Waals surface area contributed by atoms with Crippen molar-refractivity contribution in [1.29, 1.82) is 0 Å². The van der Waals surface area contributed by atoms with E-state index in [1.807, 2.05) is 30.6 Å². The summed E-state index contributed by atoms with van der Waals surface area (Å²) in [4.78, 5) is 26.5. The number of nitrogens with zero attached hydrogens (tertiary/aromatic N) is 2. The van der Waals surface area contributed by atoms with E-state index >= 15 is 0 Å². The van der Waals surface area contributed by atoms with Crippen molar-refractivity contribution in [3.05, 3.63) is 0 Å². The van der Waals surface area contributed by atoms with Crippen molar-refractivity contribution >= 4 is 11.8 Å². The SMILES string of the molecule is CC(C)(C)C(=O)N1CCN(CC(N)=O)CC1. The molecule has 1 rings (SSSR count). The topological polar surface area (TPSA) is 66.6 Å². The smallest absolute Gasteiger partial charge is 0.231 e. The molecule has 0 atom stereocenters. The lowest BCUT2D eigenvalue weighted by Crippen LogP contribution is -2.52. The molecule has 1 aliphatic heterocycles. The molecule has 0 bridgehead atoms. The fourth-order valence-electron chi connectivity index (χ4n) is 1.80. The number of carbonyl (C=O) groups is 2. The third kappa shape index (κ3) is 3.48. The number of hydrogen-bond donors (Lipinski definition) is 1. The molecule has 5 nitrogen and oxygen atoms in total. The van der Waals surface area contributed by atoms with Crippen molar-refractivity contribution in [3.63, 3.8) is 0 Å². The summed E-state index contributed by atoms with van der Waals surface area (Å²) in [6.45, 7) is 8.88. The molecule has 0 radical (unpaired) electrons. The van der Waals surface area contributed by atoms with Gasteiger partial charge in [-0.2, -0.15) is 0 Å². The van der Waals surface area contributed by atoms with E-state index < -0.39 is 0 Å². The van der Waals surface area contributed by atoms with Gasteiger partial charge in [-0.1, -0.05) is 20.8 Å². The summed E-state index contributed by atoms with van der Waals surface area (Å²) in [5.41, 5.74) is 4.80. The number of nitrogens with two attached hydrogens (primary N) is 1. The molecule has 1 saturated heterocycles. The summed E-state index contributed by atoms with van der Waals surface area (Å²) in [5, 5.41) is 0. The second kappa shape index (κ2) is 4.82. The third-order valence-corrected chi connectivity index (χ3v) is 2.68. The first kappa shape index (κ1) is 13.0. The van der Waals surface area contributed by atoms with E-state index in [2.05, 4.69) is 0 Å². The lowest BCUT2D eigenvalue weighted by Gasteiger charge is -2.37. The summed E-state index contributed by atoms with van der Waals surface area (Å²) < 4.78 is 0. The summed E-state index contributed by atoms with van der Waals surface area (Å²) in [6, 6.07) is 0. The van der Waals surface area contributed by atoms with Gasteiger partial charge in [0, 0.05) is 31.6 Å². The van der Waals surface area contributed by atoms with Gasteiger partial charge in [0.15, 0.2) is 0 Å². The Morgan fingerprint density at radius 2 is 1.62 bits per heavy atom. The minimum atomic E-state index is -0.328. The van der Waals surface area contributed by atoms with Gasteiger partial charge in [-0.05, 0) is 0 Å². The Morgan fingerprint density at radius 3 is 2.00 bits per heavy atom. The van der Waals surface area contributed by atoms with Crippen LogP contribution in [0.2, 0.25) is 0 Å². The normalized spacial score (nSPS) is 18.6. The Kier molecular flexibility index (Phi) is 3.91. The molecule has 0 aromatic carbocycles. The molecule has 0 aromatic heterocycles. The Morgan fingerprint density at radius 1 is 1.12 bits per heavy atom. The monoisotopic (exact) mass is 227 g/mol. The Labute approximate surface area is 96.6 Å². The number of amides is 2. The second-order valence-electron chi connectivity index (χ2n) is 5.28. The van der Waals surface area contributed by atoms with Gasteiger partial charge in [-0.3, -0.25) is 14.5 Å². The zero-order valence-corrected chi connectivity index (χ0v) is 10.3. The first-order valence-electron chi connectivity index (χ1n) is 5.61. The molecular formula is C11H21N3O2. The highest BCUT2D eigenvalue weighted by Gasteiger charge is 2.29. The highest BCUT2D eigenvalue weighted by atomic mass is 16.2. The molecular weight excluding hydrogens is 206 g/mol. The molecule has 0 saturated carbocycles. The van der Waals surface area contributed by atoms with E-state index in [9.17, 15) is 9.59 Å². The minimum Gasteiger partial charge on any atom is -0.369 e. The van der Waals surface area contributed by atoms with Gasteiger partial charge < -0.3 is 10.6 Å². The summed E-state index contributed by atoms with van der Waals surface area (Å²) in [5.74, 6) is -0.137. The van der Waals surface area contributed by atoms with Crippen LogP contribution in [-0.2, 0) is 9.59 Å². The van der Waals surface area contributed by atoms with E-state index in [0.29, 0.717) is 13.1 Å². The largest absolute Gasteiger partial charge is 0.369 e. The summed E-state index contributed by atoms with van der Waals surface area (Å²) in [6.07, 6.45) is 0. The fraction of sp³-hybridized carbons (Fsp3) is 0.818. The van der Waals surface area contributed by atoms with E-state index in [1.165, 1.54) is 0 Å². The summed E-state index contributed by atoms with van der Waals surface area (Å²) >= 11 is 0. The van der Waals surface area contributed by atoms with E-state index in [1.54, 1.807) is 0 Å². The van der Waals surface area contributed by atoms with Crippen LogP contribution in [0, 0.1) is 5.41 Å². The molecule has 0 aromatic rings. The molecule has 92 valence electrons. The number of primary amides is 1. The Hall–Kier alpha value is -1.10. The van der Waals surface area contributed by atoms with Crippen LogP contribution in [0.25, 0.3) is 0 Å². The van der Waals surface area contributed by atoms with Crippen molar-refractivity contribution in [1.82, 2.24) is 9.80 Å². The van der Waals surface area contributed by atoms with Gasteiger partial charge in [0.1, 0.15) is 0 Å². The molecule has 16 heavy (non-hydrogen) atoms. The maximum absolute atomic E-state index is 12.0. The van der Waals surface area contributed by atoms with Gasteiger partial charge in [-0.25, -0.2) is 0 Å². The van der Waals surface area contributed by atoms with Crippen LogP contribution in [-0.4, -0.2) is 54.3 Å². The van der Waals surface area contributed by atoms with Crippen molar-refractivity contribution in [2.45, 2.75) is 20.8 Å². The maximum Gasteiger partial charge on any atom is 0.231 e. The molecule has 0 aliphatic carbocycles. The quantitative estimate of drug-likeness (QED) is 0.702. The number of piperazine rings is 1. The van der Waals surface area contributed by atoms with Crippen molar-refractivity contribution < 1.29 is 9.59 Å². The van der Waals surface area contributed by atoms with Gasteiger partial charge in [0.05, 0.1) is 6.54 Å². The van der Waals surface area contributed by atoms with Crippen LogP contribution < -0.4 is 5.73 Å². The first-order chi connectivity index (χ1) is 7.30. The van der Waals surface area contributed by atoms with Crippen LogP contribution >= 0.6 is 0 Å². The average Bonchev–Trinajstić information content (AvgIpc) is 2.15. The molecule has 5 heteroatoms. The zero-order valence-electron chi connectivity index (χ0n) is 10.3. The third-order valence-electron chi connectivity index (χ3n) is 2.68. The standard InChI is InChI=1S/C11H21N3O2/c1-11(2,3)10(16)14-6-4-13(5-7-14)8-9(12)15/h4-8H2,1-3H3,(H2,12,15). The predicted octanol–water partition coefficient (Wildman–Crippen LogP) is -0.338. The Bertz CT molecular complexity index is 275. The van der Waals surface area contributed by atoms with Crippen LogP contribution in [0.4, 0.5) is 0 Å². The van der Waals surface area contributed by atoms with Gasteiger partial charge in [0.25, 0.3) is 0 Å². The highest BCUT2D eigenvalue weighted by molar-refractivity contribution is 5.81. The molecule has 1 fully saturated rings. The number of rotatable bonds is 2. The predicted molar refractivity (Wildman–Crippen MR) is 61.7 cm³/mol. The molecule has 2 amide bonds. The van der Waals surface area contributed by atoms with Crippen LogP contribution in [0.5, 0.6) is 0 Å².